The topological polar surface area (TPSA) is 18.5 Å². The smallest absolute Gasteiger partial charge is 0.127 e. The van der Waals surface area contributed by atoms with Gasteiger partial charge in [-0.2, -0.15) is 0 Å². The van der Waals surface area contributed by atoms with Crippen molar-refractivity contribution in [1.82, 2.24) is 0 Å². The number of fused-ring (bicyclic) bond motifs is 1. The fraction of sp³-hybridized carbons (Fsp3) is 0.571. The fourth-order valence-corrected chi connectivity index (χ4v) is 3.49. The summed E-state index contributed by atoms with van der Waals surface area (Å²) in [4.78, 5) is 0. The first-order valence-corrected chi connectivity index (χ1v) is 7.06. The molecule has 18 heavy (non-hydrogen) atoms. The van der Waals surface area contributed by atoms with Gasteiger partial charge in [-0.1, -0.05) is 15.9 Å². The van der Waals surface area contributed by atoms with E-state index in [2.05, 4.69) is 22.9 Å². The van der Waals surface area contributed by atoms with Crippen LogP contribution >= 0.6 is 15.9 Å². The van der Waals surface area contributed by atoms with Crippen molar-refractivity contribution in [3.63, 3.8) is 0 Å². The monoisotopic (exact) mass is 314 g/mol. The molecule has 1 aromatic rings. The molecule has 3 rings (SSSR count). The first kappa shape index (κ1) is 12.6. The van der Waals surface area contributed by atoms with Gasteiger partial charge in [-0.3, -0.25) is 0 Å². The molecule has 0 unspecified atom stereocenters. The van der Waals surface area contributed by atoms with Gasteiger partial charge in [-0.05, 0) is 37.5 Å². The van der Waals surface area contributed by atoms with Crippen LogP contribution in [0.1, 0.15) is 18.9 Å². The van der Waals surface area contributed by atoms with Crippen LogP contribution in [0.15, 0.2) is 22.7 Å². The van der Waals surface area contributed by atoms with Crippen molar-refractivity contribution in [2.24, 2.45) is 5.92 Å². The highest BCUT2D eigenvalue weighted by Gasteiger charge is 2.50. The van der Waals surface area contributed by atoms with Crippen molar-refractivity contribution < 1.29 is 13.9 Å². The van der Waals surface area contributed by atoms with E-state index in [1.54, 1.807) is 6.07 Å². The first-order valence-electron chi connectivity index (χ1n) is 6.27. The second-order valence-corrected chi connectivity index (χ2v) is 6.27. The Hall–Kier alpha value is -0.450. The lowest BCUT2D eigenvalue weighted by Crippen LogP contribution is -2.46. The molecule has 0 N–H and O–H groups in total. The fourth-order valence-electron chi connectivity index (χ4n) is 3.13. The summed E-state index contributed by atoms with van der Waals surface area (Å²) in [6, 6.07) is 5.12. The average Bonchev–Trinajstić information content (AvgIpc) is 2.76. The Morgan fingerprint density at radius 2 is 2.22 bits per heavy atom. The van der Waals surface area contributed by atoms with Crippen LogP contribution in [0.25, 0.3) is 0 Å². The Morgan fingerprint density at radius 3 is 3.06 bits per heavy atom. The normalized spacial score (nSPS) is 35.5. The molecule has 2 heterocycles. The van der Waals surface area contributed by atoms with Gasteiger partial charge in [-0.25, -0.2) is 4.39 Å². The van der Waals surface area contributed by atoms with Crippen LogP contribution in [0.2, 0.25) is 0 Å². The molecule has 98 valence electrons. The lowest BCUT2D eigenvalue weighted by Gasteiger charge is -2.40. The van der Waals surface area contributed by atoms with Gasteiger partial charge in [0.05, 0.1) is 31.3 Å². The van der Waals surface area contributed by atoms with Gasteiger partial charge in [0.1, 0.15) is 5.82 Å². The SMILES string of the molecule is C[C@H]1C[C@H]2COC[C@@]2(c2cc(Br)ccc2F)CO1. The van der Waals surface area contributed by atoms with Crippen LogP contribution in [-0.4, -0.2) is 25.9 Å². The quantitative estimate of drug-likeness (QED) is 0.792. The summed E-state index contributed by atoms with van der Waals surface area (Å²) < 4.78 is 26.5. The molecule has 3 atom stereocenters. The van der Waals surface area contributed by atoms with Crippen LogP contribution in [0.4, 0.5) is 4.39 Å². The highest BCUT2D eigenvalue weighted by molar-refractivity contribution is 9.10. The van der Waals surface area contributed by atoms with Crippen LogP contribution < -0.4 is 0 Å². The van der Waals surface area contributed by atoms with E-state index in [9.17, 15) is 4.39 Å². The number of hydrogen-bond acceptors (Lipinski definition) is 2. The van der Waals surface area contributed by atoms with E-state index in [1.807, 2.05) is 6.07 Å². The van der Waals surface area contributed by atoms with Crippen LogP contribution in [0.3, 0.4) is 0 Å². The van der Waals surface area contributed by atoms with Gasteiger partial charge >= 0.3 is 0 Å². The zero-order valence-corrected chi connectivity index (χ0v) is 11.9. The minimum Gasteiger partial charge on any atom is -0.380 e. The van der Waals surface area contributed by atoms with E-state index in [-0.39, 0.29) is 17.3 Å². The van der Waals surface area contributed by atoms with Crippen LogP contribution in [-0.2, 0) is 14.9 Å². The van der Waals surface area contributed by atoms with E-state index in [0.717, 1.165) is 16.5 Å². The summed E-state index contributed by atoms with van der Waals surface area (Å²) in [5.74, 6) is 0.192. The molecular weight excluding hydrogens is 299 g/mol. The van der Waals surface area contributed by atoms with Crippen molar-refractivity contribution in [1.29, 1.82) is 0 Å². The summed E-state index contributed by atoms with van der Waals surface area (Å²) >= 11 is 3.42. The Kier molecular flexibility index (Phi) is 3.20. The largest absolute Gasteiger partial charge is 0.380 e. The predicted octanol–water partition coefficient (Wildman–Crippen LogP) is 3.28. The molecule has 2 aliphatic rings. The van der Waals surface area contributed by atoms with Gasteiger partial charge in [0, 0.05) is 10.0 Å². The highest BCUT2D eigenvalue weighted by Crippen LogP contribution is 2.45. The minimum absolute atomic E-state index is 0.160. The molecule has 0 radical (unpaired) electrons. The molecule has 0 amide bonds. The molecule has 0 aliphatic carbocycles. The molecule has 2 saturated heterocycles. The molecule has 0 spiro atoms. The Labute approximate surface area is 115 Å². The predicted molar refractivity (Wildman–Crippen MR) is 70.1 cm³/mol. The molecule has 0 bridgehead atoms. The maximum Gasteiger partial charge on any atom is 0.127 e. The molecule has 0 saturated carbocycles. The third kappa shape index (κ3) is 1.91. The number of halogens is 2. The van der Waals surface area contributed by atoms with Crippen molar-refractivity contribution in [3.05, 3.63) is 34.1 Å². The van der Waals surface area contributed by atoms with Gasteiger partial charge in [0.2, 0.25) is 0 Å². The van der Waals surface area contributed by atoms with E-state index in [1.165, 1.54) is 6.07 Å². The molecule has 2 aliphatic heterocycles. The number of hydrogen-bond donors (Lipinski definition) is 0. The summed E-state index contributed by atoms with van der Waals surface area (Å²) in [6.45, 7) is 3.88. The zero-order valence-electron chi connectivity index (χ0n) is 10.3. The van der Waals surface area contributed by atoms with E-state index < -0.39 is 0 Å². The van der Waals surface area contributed by atoms with Crippen molar-refractivity contribution in [2.45, 2.75) is 24.9 Å². The zero-order chi connectivity index (χ0) is 12.8. The highest BCUT2D eigenvalue weighted by atomic mass is 79.9. The van der Waals surface area contributed by atoms with Gasteiger partial charge in [0.25, 0.3) is 0 Å². The number of benzene rings is 1. The van der Waals surface area contributed by atoms with Crippen molar-refractivity contribution >= 4 is 15.9 Å². The van der Waals surface area contributed by atoms with Gasteiger partial charge in [0.15, 0.2) is 0 Å². The molecule has 2 nitrogen and oxygen atoms in total. The van der Waals surface area contributed by atoms with Crippen molar-refractivity contribution in [2.75, 3.05) is 19.8 Å². The third-order valence-electron chi connectivity index (χ3n) is 4.17. The average molecular weight is 315 g/mol. The maximum atomic E-state index is 14.2. The second-order valence-electron chi connectivity index (χ2n) is 5.35. The molecule has 2 fully saturated rings. The summed E-state index contributed by atoms with van der Waals surface area (Å²) in [5, 5.41) is 0. The molecule has 4 heteroatoms. The molecular formula is C14H16BrFO2. The van der Waals surface area contributed by atoms with E-state index >= 15 is 0 Å². The Morgan fingerprint density at radius 1 is 1.39 bits per heavy atom. The lowest BCUT2D eigenvalue weighted by molar-refractivity contribution is -0.0394. The number of rotatable bonds is 1. The number of ether oxygens (including phenoxy) is 2. The Balaban J connectivity index is 2.05. The first-order chi connectivity index (χ1) is 8.62. The van der Waals surface area contributed by atoms with Gasteiger partial charge < -0.3 is 9.47 Å². The molecule has 1 aromatic carbocycles. The van der Waals surface area contributed by atoms with E-state index in [0.29, 0.717) is 25.7 Å². The van der Waals surface area contributed by atoms with Crippen LogP contribution in [0, 0.1) is 11.7 Å². The molecule has 0 aromatic heterocycles. The lowest BCUT2D eigenvalue weighted by atomic mass is 9.69. The maximum absolute atomic E-state index is 14.2. The summed E-state index contributed by atoms with van der Waals surface area (Å²) in [5.41, 5.74) is 0.423. The van der Waals surface area contributed by atoms with E-state index in [4.69, 9.17) is 9.47 Å². The van der Waals surface area contributed by atoms with Crippen molar-refractivity contribution in [3.8, 4) is 0 Å². The standard InChI is InChI=1S/C14H16BrFO2/c1-9-4-10-6-17-7-14(10,8-18-9)12-5-11(15)2-3-13(12)16/h2-3,5,9-10H,4,6-8H2,1H3/t9-,10-,14+/m0/s1. The second kappa shape index (κ2) is 4.58. The van der Waals surface area contributed by atoms with Gasteiger partial charge in [-0.15, -0.1) is 0 Å². The summed E-state index contributed by atoms with van der Waals surface area (Å²) in [7, 11) is 0. The summed E-state index contributed by atoms with van der Waals surface area (Å²) in [6.07, 6.45) is 1.17. The van der Waals surface area contributed by atoms with Crippen LogP contribution in [0.5, 0.6) is 0 Å². The third-order valence-corrected chi connectivity index (χ3v) is 4.66. The minimum atomic E-state index is -0.305. The Bertz CT molecular complexity index is 465.